The number of hydrogen-bond donors (Lipinski definition) is 1. The molecule has 1 aliphatic rings. The molecule has 1 heterocycles. The van der Waals surface area contributed by atoms with Crippen LogP contribution in [-0.2, 0) is 0 Å². The van der Waals surface area contributed by atoms with E-state index in [9.17, 15) is 0 Å². The Bertz CT molecular complexity index is 476. The van der Waals surface area contributed by atoms with Crippen molar-refractivity contribution in [1.82, 2.24) is 0 Å². The van der Waals surface area contributed by atoms with Gasteiger partial charge < -0.3 is 5.32 Å². The number of halogens is 2. The maximum atomic E-state index is 6.00. The second kappa shape index (κ2) is 5.72. The third kappa shape index (κ3) is 3.34. The summed E-state index contributed by atoms with van der Waals surface area (Å²) in [4.78, 5) is 4.77. The van der Waals surface area contributed by atoms with Gasteiger partial charge in [0.25, 0.3) is 0 Å². The summed E-state index contributed by atoms with van der Waals surface area (Å²) in [5.74, 6) is 1.09. The molecule has 0 aliphatic carbocycles. The molecule has 1 aromatic carbocycles. The Morgan fingerprint density at radius 1 is 1.39 bits per heavy atom. The van der Waals surface area contributed by atoms with Gasteiger partial charge >= 0.3 is 0 Å². The molecule has 1 unspecified atom stereocenters. The maximum absolute atomic E-state index is 6.00. The molecule has 0 bridgehead atoms. The summed E-state index contributed by atoms with van der Waals surface area (Å²) in [6.45, 7) is 4.37. The Hall–Kier alpha value is -0.380. The number of rotatable bonds is 2. The van der Waals surface area contributed by atoms with Crippen LogP contribution in [0.1, 0.15) is 26.7 Å². The van der Waals surface area contributed by atoms with Crippen molar-refractivity contribution in [3.05, 3.63) is 28.2 Å². The number of nitrogens with one attached hydrogen (secondary N) is 1. The first-order chi connectivity index (χ1) is 8.52. The lowest BCUT2D eigenvalue weighted by molar-refractivity contribution is 0.443. The lowest BCUT2D eigenvalue weighted by Gasteiger charge is -2.29. The Balaban J connectivity index is 2.16. The standard InChI is InChI=1S/C13H16Cl2N2S/c1-3-13(2)6-7-18-12(17-13)16-9-4-5-10(14)11(15)8-9/h4-5,8H,3,6-7H2,1-2H3,(H,16,17). The Kier molecular flexibility index (Phi) is 4.46. The highest BCUT2D eigenvalue weighted by Gasteiger charge is 2.25. The van der Waals surface area contributed by atoms with E-state index in [1.807, 2.05) is 12.1 Å². The zero-order valence-corrected chi connectivity index (χ0v) is 12.8. The summed E-state index contributed by atoms with van der Waals surface area (Å²) >= 11 is 13.6. The first-order valence-electron chi connectivity index (χ1n) is 5.97. The van der Waals surface area contributed by atoms with Gasteiger partial charge in [-0.3, -0.25) is 4.99 Å². The zero-order valence-electron chi connectivity index (χ0n) is 10.5. The minimum atomic E-state index is 0.0593. The Morgan fingerprint density at radius 3 is 2.83 bits per heavy atom. The largest absolute Gasteiger partial charge is 0.335 e. The summed E-state index contributed by atoms with van der Waals surface area (Å²) < 4.78 is 0. The molecule has 0 saturated carbocycles. The molecule has 18 heavy (non-hydrogen) atoms. The number of anilines is 1. The van der Waals surface area contributed by atoms with E-state index in [1.165, 1.54) is 0 Å². The molecule has 0 saturated heterocycles. The van der Waals surface area contributed by atoms with E-state index in [2.05, 4.69) is 19.2 Å². The molecule has 1 N–H and O–H groups in total. The smallest absolute Gasteiger partial charge is 0.161 e. The number of hydrogen-bond acceptors (Lipinski definition) is 3. The van der Waals surface area contributed by atoms with Crippen LogP contribution in [0.5, 0.6) is 0 Å². The number of benzene rings is 1. The molecule has 98 valence electrons. The molecule has 0 aromatic heterocycles. The van der Waals surface area contributed by atoms with E-state index in [0.29, 0.717) is 10.0 Å². The van der Waals surface area contributed by atoms with Crippen LogP contribution in [0.2, 0.25) is 10.0 Å². The van der Waals surface area contributed by atoms with E-state index >= 15 is 0 Å². The van der Waals surface area contributed by atoms with E-state index in [-0.39, 0.29) is 5.54 Å². The predicted molar refractivity (Wildman–Crippen MR) is 83.3 cm³/mol. The summed E-state index contributed by atoms with van der Waals surface area (Å²) in [5.41, 5.74) is 0.986. The lowest BCUT2D eigenvalue weighted by Crippen LogP contribution is -2.29. The second-order valence-corrected chi connectivity index (χ2v) is 6.52. The van der Waals surface area contributed by atoms with Crippen LogP contribution in [0.3, 0.4) is 0 Å². The molecule has 1 aromatic rings. The molecule has 1 atom stereocenters. The molecular weight excluding hydrogens is 287 g/mol. The minimum absolute atomic E-state index is 0.0593. The fourth-order valence-corrected chi connectivity index (χ4v) is 3.23. The van der Waals surface area contributed by atoms with Gasteiger partial charge in [-0.15, -0.1) is 0 Å². The van der Waals surface area contributed by atoms with Crippen molar-refractivity contribution >= 4 is 45.8 Å². The molecule has 0 amide bonds. The van der Waals surface area contributed by atoms with E-state index in [0.717, 1.165) is 29.4 Å². The number of nitrogens with zero attached hydrogens (tertiary/aromatic N) is 1. The topological polar surface area (TPSA) is 24.4 Å². The van der Waals surface area contributed by atoms with Crippen molar-refractivity contribution in [3.8, 4) is 0 Å². The van der Waals surface area contributed by atoms with Crippen molar-refractivity contribution in [1.29, 1.82) is 0 Å². The van der Waals surface area contributed by atoms with Gasteiger partial charge in [-0.05, 0) is 38.0 Å². The van der Waals surface area contributed by atoms with Crippen molar-refractivity contribution in [2.45, 2.75) is 32.2 Å². The Labute approximate surface area is 122 Å². The fourth-order valence-electron chi connectivity index (χ4n) is 1.72. The summed E-state index contributed by atoms with van der Waals surface area (Å²) in [5, 5.41) is 5.40. The summed E-state index contributed by atoms with van der Waals surface area (Å²) in [6.07, 6.45) is 2.18. The summed E-state index contributed by atoms with van der Waals surface area (Å²) in [7, 11) is 0. The first-order valence-corrected chi connectivity index (χ1v) is 7.71. The van der Waals surface area contributed by atoms with Gasteiger partial charge in [0.05, 0.1) is 15.6 Å². The van der Waals surface area contributed by atoms with Gasteiger partial charge in [-0.25, -0.2) is 0 Å². The van der Waals surface area contributed by atoms with Crippen molar-refractivity contribution in [2.75, 3.05) is 11.1 Å². The SMILES string of the molecule is CCC1(C)CCSC(Nc2ccc(Cl)c(Cl)c2)=N1. The monoisotopic (exact) mass is 302 g/mol. The first kappa shape index (κ1) is 14.0. The van der Waals surface area contributed by atoms with Crippen LogP contribution >= 0.6 is 35.0 Å². The van der Waals surface area contributed by atoms with Gasteiger partial charge in [0, 0.05) is 11.4 Å². The lowest BCUT2D eigenvalue weighted by atomic mass is 9.97. The highest BCUT2D eigenvalue weighted by molar-refractivity contribution is 8.14. The third-order valence-corrected chi connectivity index (χ3v) is 4.80. The summed E-state index contributed by atoms with van der Waals surface area (Å²) in [6, 6.07) is 5.53. The van der Waals surface area contributed by atoms with Gasteiger partial charge in [0.15, 0.2) is 5.17 Å². The van der Waals surface area contributed by atoms with Gasteiger partial charge in [0.1, 0.15) is 0 Å². The Morgan fingerprint density at radius 2 is 2.17 bits per heavy atom. The number of amidine groups is 1. The molecule has 5 heteroatoms. The molecule has 1 aliphatic heterocycles. The highest BCUT2D eigenvalue weighted by atomic mass is 35.5. The van der Waals surface area contributed by atoms with Crippen LogP contribution in [0, 0.1) is 0 Å². The number of thioether (sulfide) groups is 1. The van der Waals surface area contributed by atoms with Crippen LogP contribution in [0.15, 0.2) is 23.2 Å². The minimum Gasteiger partial charge on any atom is -0.335 e. The molecule has 2 rings (SSSR count). The van der Waals surface area contributed by atoms with Crippen molar-refractivity contribution in [2.24, 2.45) is 4.99 Å². The predicted octanol–water partition coefficient (Wildman–Crippen LogP) is 5.07. The van der Waals surface area contributed by atoms with E-state index in [4.69, 9.17) is 28.2 Å². The highest BCUT2D eigenvalue weighted by Crippen LogP contribution is 2.31. The van der Waals surface area contributed by atoms with Crippen LogP contribution < -0.4 is 5.32 Å². The normalized spacial score (nSPS) is 23.7. The van der Waals surface area contributed by atoms with Gasteiger partial charge in [-0.1, -0.05) is 41.9 Å². The van der Waals surface area contributed by atoms with Crippen LogP contribution in [0.4, 0.5) is 5.69 Å². The maximum Gasteiger partial charge on any atom is 0.161 e. The molecular formula is C13H16Cl2N2S. The van der Waals surface area contributed by atoms with Gasteiger partial charge in [0.2, 0.25) is 0 Å². The average molecular weight is 303 g/mol. The molecule has 2 nitrogen and oxygen atoms in total. The van der Waals surface area contributed by atoms with Crippen LogP contribution in [-0.4, -0.2) is 16.5 Å². The molecule has 0 fully saturated rings. The van der Waals surface area contributed by atoms with Crippen molar-refractivity contribution < 1.29 is 0 Å². The fraction of sp³-hybridized carbons (Fsp3) is 0.462. The third-order valence-electron chi connectivity index (χ3n) is 3.18. The number of aliphatic imine (C=N–C) groups is 1. The second-order valence-electron chi connectivity index (χ2n) is 4.62. The van der Waals surface area contributed by atoms with E-state index in [1.54, 1.807) is 17.8 Å². The van der Waals surface area contributed by atoms with Crippen LogP contribution in [0.25, 0.3) is 0 Å². The zero-order chi connectivity index (χ0) is 13.2. The molecule has 0 radical (unpaired) electrons. The quantitative estimate of drug-likeness (QED) is 0.825. The molecule has 0 spiro atoms. The average Bonchev–Trinajstić information content (AvgIpc) is 2.34. The van der Waals surface area contributed by atoms with Gasteiger partial charge in [-0.2, -0.15) is 0 Å². The van der Waals surface area contributed by atoms with E-state index < -0.39 is 0 Å². The van der Waals surface area contributed by atoms with Crippen molar-refractivity contribution in [3.63, 3.8) is 0 Å².